The highest BCUT2D eigenvalue weighted by Crippen LogP contribution is 2.22. The van der Waals surface area contributed by atoms with Crippen LogP contribution in [0.5, 0.6) is 5.75 Å². The molecule has 0 radical (unpaired) electrons. The number of nitriles is 1. The van der Waals surface area contributed by atoms with Crippen LogP contribution in [0.25, 0.3) is 6.08 Å². The van der Waals surface area contributed by atoms with Gasteiger partial charge in [-0.3, -0.25) is 4.79 Å². The highest BCUT2D eigenvalue weighted by Gasteiger charge is 2.19. The quantitative estimate of drug-likeness (QED) is 0.646. The van der Waals surface area contributed by atoms with Gasteiger partial charge in [-0.15, -0.1) is 0 Å². The molecule has 1 aromatic rings. The molecule has 1 fully saturated rings. The summed E-state index contributed by atoms with van der Waals surface area (Å²) in [5, 5.41) is 12.2. The minimum Gasteiger partial charge on any atom is -0.493 e. The molecule has 0 heterocycles. The van der Waals surface area contributed by atoms with Crippen LogP contribution in [0.1, 0.15) is 44.6 Å². The maximum atomic E-state index is 12.2. The third-order valence-corrected chi connectivity index (χ3v) is 3.74. The zero-order valence-corrected chi connectivity index (χ0v) is 13.0. The van der Waals surface area contributed by atoms with E-state index >= 15 is 0 Å². The molecule has 4 heteroatoms. The summed E-state index contributed by atoms with van der Waals surface area (Å²) in [6, 6.07) is 9.66. The molecule has 1 aliphatic carbocycles. The van der Waals surface area contributed by atoms with Crippen molar-refractivity contribution >= 4 is 12.0 Å². The number of benzene rings is 1. The summed E-state index contributed by atoms with van der Waals surface area (Å²) in [5.74, 6) is 0.408. The molecule has 0 bridgehead atoms. The lowest BCUT2D eigenvalue weighted by Crippen LogP contribution is -2.33. The fourth-order valence-electron chi connectivity index (χ4n) is 2.58. The summed E-state index contributed by atoms with van der Waals surface area (Å²) in [6.45, 7) is 2.65. The maximum Gasteiger partial charge on any atom is 0.262 e. The van der Waals surface area contributed by atoms with Crippen LogP contribution in [0.3, 0.4) is 0 Å². The zero-order valence-electron chi connectivity index (χ0n) is 13.0. The maximum absolute atomic E-state index is 12.2. The number of nitrogens with zero attached hydrogens (tertiary/aromatic N) is 1. The van der Waals surface area contributed by atoms with Crippen LogP contribution in [0.4, 0.5) is 0 Å². The number of ether oxygens (including phenoxy) is 1. The third-order valence-electron chi connectivity index (χ3n) is 3.74. The van der Waals surface area contributed by atoms with Crippen molar-refractivity contribution in [2.24, 2.45) is 0 Å². The van der Waals surface area contributed by atoms with Crippen molar-refractivity contribution in [1.82, 2.24) is 5.32 Å². The van der Waals surface area contributed by atoms with Crippen molar-refractivity contribution in [3.8, 4) is 11.8 Å². The fraction of sp³-hybridized carbons (Fsp3) is 0.444. The monoisotopic (exact) mass is 298 g/mol. The molecule has 0 saturated heterocycles. The van der Waals surface area contributed by atoms with Gasteiger partial charge in [0, 0.05) is 11.6 Å². The molecule has 0 aliphatic heterocycles. The van der Waals surface area contributed by atoms with Crippen LogP contribution in [0.15, 0.2) is 29.8 Å². The Labute approximate surface area is 131 Å². The molecule has 1 aromatic carbocycles. The van der Waals surface area contributed by atoms with Gasteiger partial charge in [-0.25, -0.2) is 0 Å². The molecule has 0 spiro atoms. The number of rotatable bonds is 6. The topological polar surface area (TPSA) is 62.1 Å². The molecule has 2 rings (SSSR count). The van der Waals surface area contributed by atoms with E-state index in [0.29, 0.717) is 12.4 Å². The molecule has 116 valence electrons. The highest BCUT2D eigenvalue weighted by molar-refractivity contribution is 6.02. The smallest absolute Gasteiger partial charge is 0.262 e. The molecule has 22 heavy (non-hydrogen) atoms. The summed E-state index contributed by atoms with van der Waals surface area (Å²) >= 11 is 0. The van der Waals surface area contributed by atoms with Crippen molar-refractivity contribution in [2.75, 3.05) is 6.61 Å². The fourth-order valence-corrected chi connectivity index (χ4v) is 2.58. The first-order chi connectivity index (χ1) is 10.7. The SMILES string of the molecule is CCCOc1ccccc1/C=C(\C#N)C(=O)NC1CCCC1. The predicted molar refractivity (Wildman–Crippen MR) is 86.2 cm³/mol. The standard InChI is InChI=1S/C18H22N2O2/c1-2-11-22-17-10-6-3-7-14(17)12-15(13-19)18(21)20-16-8-4-5-9-16/h3,6-7,10,12,16H,2,4-5,8-9,11H2,1H3,(H,20,21)/b15-12+. The van der Waals surface area contributed by atoms with Crippen LogP contribution in [0.2, 0.25) is 0 Å². The predicted octanol–water partition coefficient (Wildman–Crippen LogP) is 3.44. The van der Waals surface area contributed by atoms with Crippen molar-refractivity contribution in [1.29, 1.82) is 5.26 Å². The van der Waals surface area contributed by atoms with Gasteiger partial charge in [-0.1, -0.05) is 38.0 Å². The van der Waals surface area contributed by atoms with Crippen molar-refractivity contribution in [3.05, 3.63) is 35.4 Å². The molecule has 1 amide bonds. The lowest BCUT2D eigenvalue weighted by molar-refractivity contribution is -0.117. The Kier molecular flexibility index (Phi) is 6.02. The molecule has 1 N–H and O–H groups in total. The Morgan fingerprint density at radius 1 is 1.41 bits per heavy atom. The number of hydrogen-bond donors (Lipinski definition) is 1. The minimum absolute atomic E-state index is 0.124. The highest BCUT2D eigenvalue weighted by atomic mass is 16.5. The van der Waals surface area contributed by atoms with Gasteiger partial charge < -0.3 is 10.1 Å². The lowest BCUT2D eigenvalue weighted by atomic mass is 10.1. The van der Waals surface area contributed by atoms with E-state index in [9.17, 15) is 10.1 Å². The van der Waals surface area contributed by atoms with Crippen LogP contribution in [-0.2, 0) is 4.79 Å². The van der Waals surface area contributed by atoms with Crippen LogP contribution in [0, 0.1) is 11.3 Å². The van der Waals surface area contributed by atoms with E-state index in [4.69, 9.17) is 4.74 Å². The number of carbonyl (C=O) groups excluding carboxylic acids is 1. The first-order valence-corrected chi connectivity index (χ1v) is 7.89. The number of nitrogens with one attached hydrogen (secondary N) is 1. The average molecular weight is 298 g/mol. The average Bonchev–Trinajstić information content (AvgIpc) is 3.04. The Morgan fingerprint density at radius 3 is 2.82 bits per heavy atom. The third kappa shape index (κ3) is 4.36. The van der Waals surface area contributed by atoms with Gasteiger partial charge in [0.05, 0.1) is 6.61 Å². The Hall–Kier alpha value is -2.28. The molecule has 1 saturated carbocycles. The summed E-state index contributed by atoms with van der Waals surface area (Å²) in [5.41, 5.74) is 0.883. The van der Waals surface area contributed by atoms with E-state index in [0.717, 1.165) is 37.7 Å². The molecule has 0 atom stereocenters. The van der Waals surface area contributed by atoms with Crippen molar-refractivity contribution in [2.45, 2.75) is 45.1 Å². The molecule has 4 nitrogen and oxygen atoms in total. The second-order valence-corrected chi connectivity index (χ2v) is 5.51. The summed E-state index contributed by atoms with van der Waals surface area (Å²) in [7, 11) is 0. The zero-order chi connectivity index (χ0) is 15.8. The van der Waals surface area contributed by atoms with Gasteiger partial charge >= 0.3 is 0 Å². The molecular formula is C18H22N2O2. The van der Waals surface area contributed by atoms with Crippen LogP contribution in [-0.4, -0.2) is 18.6 Å². The van der Waals surface area contributed by atoms with Gasteiger partial charge in [0.15, 0.2) is 0 Å². The second kappa shape index (κ2) is 8.23. The Bertz CT molecular complexity index is 581. The van der Waals surface area contributed by atoms with E-state index in [1.807, 2.05) is 37.3 Å². The van der Waals surface area contributed by atoms with E-state index in [2.05, 4.69) is 5.32 Å². The molecule has 1 aliphatic rings. The first-order valence-electron chi connectivity index (χ1n) is 7.89. The largest absolute Gasteiger partial charge is 0.493 e. The molecular weight excluding hydrogens is 276 g/mol. The van der Waals surface area contributed by atoms with Gasteiger partial charge in [-0.2, -0.15) is 5.26 Å². The summed E-state index contributed by atoms with van der Waals surface area (Å²) < 4.78 is 5.66. The minimum atomic E-state index is -0.292. The number of para-hydroxylation sites is 1. The van der Waals surface area contributed by atoms with Crippen LogP contribution < -0.4 is 10.1 Å². The van der Waals surface area contributed by atoms with Gasteiger partial charge in [0.2, 0.25) is 0 Å². The normalized spacial score (nSPS) is 15.4. The lowest BCUT2D eigenvalue weighted by Gasteiger charge is -2.12. The Balaban J connectivity index is 2.14. The molecule has 0 unspecified atom stereocenters. The second-order valence-electron chi connectivity index (χ2n) is 5.51. The van der Waals surface area contributed by atoms with Crippen LogP contribution >= 0.6 is 0 Å². The number of amides is 1. The van der Waals surface area contributed by atoms with Gasteiger partial charge in [0.1, 0.15) is 17.4 Å². The van der Waals surface area contributed by atoms with Crippen molar-refractivity contribution < 1.29 is 9.53 Å². The van der Waals surface area contributed by atoms with Gasteiger partial charge in [0.25, 0.3) is 5.91 Å². The van der Waals surface area contributed by atoms with E-state index < -0.39 is 0 Å². The summed E-state index contributed by atoms with van der Waals surface area (Å²) in [6.07, 6.45) is 6.80. The van der Waals surface area contributed by atoms with E-state index in [1.165, 1.54) is 0 Å². The number of carbonyl (C=O) groups is 1. The molecule has 0 aromatic heterocycles. The number of hydrogen-bond acceptors (Lipinski definition) is 3. The summed E-state index contributed by atoms with van der Waals surface area (Å²) in [4.78, 5) is 12.2. The first kappa shape index (κ1) is 16.1. The van der Waals surface area contributed by atoms with Crippen molar-refractivity contribution in [3.63, 3.8) is 0 Å². The van der Waals surface area contributed by atoms with E-state index in [1.54, 1.807) is 6.08 Å². The van der Waals surface area contributed by atoms with E-state index in [-0.39, 0.29) is 17.5 Å². The van der Waals surface area contributed by atoms with Gasteiger partial charge in [-0.05, 0) is 31.4 Å². The Morgan fingerprint density at radius 2 is 2.14 bits per heavy atom.